The zero-order chi connectivity index (χ0) is 22.2. The number of carbonyl (C=O) groups is 3. The van der Waals surface area contributed by atoms with Crippen molar-refractivity contribution in [1.82, 2.24) is 0 Å². The first-order valence-electron chi connectivity index (χ1n) is 9.12. The van der Waals surface area contributed by atoms with Gasteiger partial charge in [-0.25, -0.2) is 0 Å². The first-order valence-corrected chi connectivity index (χ1v) is 9.12. The number of hydrogen-bond donors (Lipinski definition) is 0. The Morgan fingerprint density at radius 2 is 1.76 bits per heavy atom. The zero-order valence-electron chi connectivity index (χ0n) is 17.7. The Kier molecular flexibility index (Phi) is 8.69. The van der Waals surface area contributed by atoms with Crippen LogP contribution in [0.15, 0.2) is 0 Å². The summed E-state index contributed by atoms with van der Waals surface area (Å²) in [5.74, 6) is 6.22. The van der Waals surface area contributed by atoms with Gasteiger partial charge in [0, 0.05) is 20.3 Å². The highest BCUT2D eigenvalue weighted by Crippen LogP contribution is 2.40. The molecule has 1 aliphatic heterocycles. The lowest BCUT2D eigenvalue weighted by Gasteiger charge is -2.35. The van der Waals surface area contributed by atoms with Crippen LogP contribution in [0.3, 0.4) is 0 Å². The first kappa shape index (κ1) is 24.5. The van der Waals surface area contributed by atoms with E-state index < -0.39 is 47.4 Å². The average Bonchev–Trinajstić information content (AvgIpc) is 2.87. The first-order chi connectivity index (χ1) is 13.5. The lowest BCUT2D eigenvalue weighted by atomic mass is 9.88. The van der Waals surface area contributed by atoms with E-state index in [1.54, 1.807) is 27.7 Å². The van der Waals surface area contributed by atoms with Crippen molar-refractivity contribution in [2.24, 2.45) is 5.41 Å². The summed E-state index contributed by atoms with van der Waals surface area (Å²) in [4.78, 5) is 35.5. The monoisotopic (exact) mass is 408 g/mol. The third kappa shape index (κ3) is 6.49. The van der Waals surface area contributed by atoms with E-state index in [9.17, 15) is 14.4 Å². The van der Waals surface area contributed by atoms with E-state index in [2.05, 4.69) is 17.8 Å². The normalized spacial score (nSPS) is 25.9. The van der Waals surface area contributed by atoms with Gasteiger partial charge in [-0.3, -0.25) is 14.4 Å². The van der Waals surface area contributed by atoms with Crippen LogP contribution in [0.2, 0.25) is 0 Å². The number of rotatable bonds is 7. The second kappa shape index (κ2) is 10.3. The van der Waals surface area contributed by atoms with E-state index in [1.165, 1.54) is 13.8 Å². The third-order valence-electron chi connectivity index (χ3n) is 4.09. The minimum absolute atomic E-state index is 0.0403. The van der Waals surface area contributed by atoms with Crippen molar-refractivity contribution < 1.29 is 38.1 Å². The van der Waals surface area contributed by atoms with Crippen LogP contribution in [0.25, 0.3) is 0 Å². The summed E-state index contributed by atoms with van der Waals surface area (Å²) in [7, 11) is 0. The van der Waals surface area contributed by atoms with E-state index in [0.29, 0.717) is 0 Å². The Hall–Kier alpha value is -2.55. The fourth-order valence-electron chi connectivity index (χ4n) is 2.74. The molecule has 0 N–H and O–H groups in total. The lowest BCUT2D eigenvalue weighted by molar-refractivity contribution is -0.199. The van der Waals surface area contributed by atoms with Crippen LogP contribution in [0.5, 0.6) is 0 Å². The Balaban J connectivity index is 3.34. The summed E-state index contributed by atoms with van der Waals surface area (Å²) < 4.78 is 27.6. The van der Waals surface area contributed by atoms with Crippen LogP contribution in [0.1, 0.15) is 48.0 Å². The van der Waals surface area contributed by atoms with Crippen LogP contribution < -0.4 is 0 Å². The van der Waals surface area contributed by atoms with Gasteiger partial charge in [-0.15, -0.1) is 18.3 Å². The van der Waals surface area contributed by atoms with Crippen molar-refractivity contribution in [2.45, 2.75) is 72.1 Å². The highest BCUT2D eigenvalue weighted by atomic mass is 16.8. The van der Waals surface area contributed by atoms with Crippen molar-refractivity contribution in [3.8, 4) is 24.2 Å². The molecule has 1 saturated heterocycles. The Bertz CT molecular complexity index is 718. The van der Waals surface area contributed by atoms with Gasteiger partial charge in [0.2, 0.25) is 6.29 Å². The van der Waals surface area contributed by atoms with Gasteiger partial charge in [0.1, 0.15) is 19.3 Å². The predicted octanol–water partition coefficient (Wildman–Crippen LogP) is 1.60. The molecule has 0 spiro atoms. The quantitative estimate of drug-likeness (QED) is 0.356. The van der Waals surface area contributed by atoms with E-state index in [-0.39, 0.29) is 19.6 Å². The molecular weight excluding hydrogens is 380 g/mol. The van der Waals surface area contributed by atoms with E-state index in [1.807, 2.05) is 0 Å². The molecule has 8 heteroatoms. The lowest BCUT2D eigenvalue weighted by Crippen LogP contribution is -2.54. The topological polar surface area (TPSA) is 97.4 Å². The molecule has 8 nitrogen and oxygen atoms in total. The van der Waals surface area contributed by atoms with Gasteiger partial charge in [0.15, 0.2) is 11.7 Å². The number of terminal acetylenes is 1. The fourth-order valence-corrected chi connectivity index (χ4v) is 2.74. The van der Waals surface area contributed by atoms with Crippen molar-refractivity contribution in [3.05, 3.63) is 0 Å². The van der Waals surface area contributed by atoms with Gasteiger partial charge in [-0.1, -0.05) is 5.92 Å². The summed E-state index contributed by atoms with van der Waals surface area (Å²) in [6, 6.07) is 0. The SMILES string of the molecule is C#CCO[C@]1(CC#CC)[C@@H](COC(=O)C(C)(C)C)O[C@H](OC(C)=O)[C@@H]1OC(C)=O. The maximum Gasteiger partial charge on any atom is 0.311 e. The average molecular weight is 408 g/mol. The molecule has 0 unspecified atom stereocenters. The van der Waals surface area contributed by atoms with E-state index in [4.69, 9.17) is 30.1 Å². The summed E-state index contributed by atoms with van der Waals surface area (Å²) >= 11 is 0. The third-order valence-corrected chi connectivity index (χ3v) is 4.09. The maximum absolute atomic E-state index is 12.2. The van der Waals surface area contributed by atoms with Crippen LogP contribution >= 0.6 is 0 Å². The molecule has 4 atom stereocenters. The molecule has 0 aromatic carbocycles. The number of esters is 3. The Morgan fingerprint density at radius 3 is 2.24 bits per heavy atom. The highest BCUT2D eigenvalue weighted by Gasteiger charge is 2.61. The molecular formula is C21H28O8. The van der Waals surface area contributed by atoms with Gasteiger partial charge in [-0.05, 0) is 27.7 Å². The summed E-state index contributed by atoms with van der Waals surface area (Å²) in [5, 5.41) is 0. The highest BCUT2D eigenvalue weighted by molar-refractivity contribution is 5.75. The number of hydrogen-bond acceptors (Lipinski definition) is 8. The maximum atomic E-state index is 12.2. The van der Waals surface area contributed by atoms with Crippen molar-refractivity contribution in [2.75, 3.05) is 13.2 Å². The largest absolute Gasteiger partial charge is 0.462 e. The molecule has 0 saturated carbocycles. The summed E-state index contributed by atoms with van der Waals surface area (Å²) in [5.41, 5.74) is -2.14. The number of ether oxygens (including phenoxy) is 5. The second-order valence-corrected chi connectivity index (χ2v) is 7.53. The molecule has 0 aromatic rings. The van der Waals surface area contributed by atoms with Crippen molar-refractivity contribution >= 4 is 17.9 Å². The van der Waals surface area contributed by atoms with Gasteiger partial charge in [-0.2, -0.15) is 0 Å². The fraction of sp³-hybridized carbons (Fsp3) is 0.667. The molecule has 0 amide bonds. The van der Waals surface area contributed by atoms with Gasteiger partial charge in [0.25, 0.3) is 0 Å². The molecule has 0 bridgehead atoms. The van der Waals surface area contributed by atoms with Crippen LogP contribution in [-0.4, -0.2) is 55.2 Å². The molecule has 29 heavy (non-hydrogen) atoms. The van der Waals surface area contributed by atoms with Crippen molar-refractivity contribution in [1.29, 1.82) is 0 Å². The van der Waals surface area contributed by atoms with E-state index in [0.717, 1.165) is 0 Å². The Labute approximate surface area is 171 Å². The summed E-state index contributed by atoms with van der Waals surface area (Å²) in [6.07, 6.45) is 2.02. The minimum atomic E-state index is -1.40. The van der Waals surface area contributed by atoms with Crippen LogP contribution in [-0.2, 0) is 38.1 Å². The molecule has 1 aliphatic rings. The van der Waals surface area contributed by atoms with Crippen molar-refractivity contribution in [3.63, 3.8) is 0 Å². The van der Waals surface area contributed by atoms with Gasteiger partial charge >= 0.3 is 17.9 Å². The molecule has 1 rings (SSSR count). The standard InChI is InChI=1S/C21H28O8/c1-8-10-11-21(26-12-9-2)16(13-25-19(24)20(5,6)7)29-18(28-15(4)23)17(21)27-14(3)22/h2,16-18H,11-13H2,1,3-7H3/t16-,17+,18+,21-/m1/s1. The van der Waals surface area contributed by atoms with Crippen LogP contribution in [0, 0.1) is 29.6 Å². The summed E-state index contributed by atoms with van der Waals surface area (Å²) in [6.45, 7) is 8.76. The minimum Gasteiger partial charge on any atom is -0.462 e. The van der Waals surface area contributed by atoms with Gasteiger partial charge < -0.3 is 23.7 Å². The number of carbonyl (C=O) groups excluding carboxylic acids is 3. The molecule has 160 valence electrons. The zero-order valence-corrected chi connectivity index (χ0v) is 17.7. The van der Waals surface area contributed by atoms with Crippen LogP contribution in [0.4, 0.5) is 0 Å². The van der Waals surface area contributed by atoms with E-state index >= 15 is 0 Å². The molecule has 1 fully saturated rings. The predicted molar refractivity (Wildman–Crippen MR) is 102 cm³/mol. The smallest absolute Gasteiger partial charge is 0.311 e. The van der Waals surface area contributed by atoms with Gasteiger partial charge in [0.05, 0.1) is 5.41 Å². The molecule has 0 aromatic heterocycles. The molecule has 0 radical (unpaired) electrons. The second-order valence-electron chi connectivity index (χ2n) is 7.53. The molecule has 0 aliphatic carbocycles. The Morgan fingerprint density at radius 1 is 1.14 bits per heavy atom. The molecule has 1 heterocycles.